The van der Waals surface area contributed by atoms with Crippen LogP contribution in [-0.2, 0) is 9.59 Å². The molecular formula is C24H35N5O4. The van der Waals surface area contributed by atoms with Gasteiger partial charge < -0.3 is 15.4 Å². The number of rotatable bonds is 8. The zero-order chi connectivity index (χ0) is 23.4. The zero-order valence-electron chi connectivity index (χ0n) is 19.5. The van der Waals surface area contributed by atoms with Gasteiger partial charge in [0.15, 0.2) is 0 Å². The van der Waals surface area contributed by atoms with Gasteiger partial charge in [-0.1, -0.05) is 0 Å². The molecule has 1 unspecified atom stereocenters. The molecular weight excluding hydrogens is 422 g/mol. The largest absolute Gasteiger partial charge is 0.489 e. The molecule has 1 aromatic rings. The zero-order valence-corrected chi connectivity index (χ0v) is 19.5. The highest BCUT2D eigenvalue weighted by Crippen LogP contribution is 2.32. The Hall–Kier alpha value is -2.52. The van der Waals surface area contributed by atoms with Crippen LogP contribution in [0.5, 0.6) is 5.75 Å². The van der Waals surface area contributed by atoms with Crippen LogP contribution >= 0.6 is 0 Å². The molecule has 2 saturated heterocycles. The number of aromatic nitrogens is 1. The third-order valence-corrected chi connectivity index (χ3v) is 6.95. The number of hydrogen-bond donors (Lipinski definition) is 3. The van der Waals surface area contributed by atoms with E-state index in [0.717, 1.165) is 38.4 Å². The Labute approximate surface area is 195 Å². The number of piperidine rings is 2. The molecule has 9 nitrogen and oxygen atoms in total. The molecule has 0 aromatic carbocycles. The highest BCUT2D eigenvalue weighted by Gasteiger charge is 2.37. The first-order valence-electron chi connectivity index (χ1n) is 12.1. The molecule has 4 rings (SSSR count). The number of carbonyl (C=O) groups excluding carboxylic acids is 3. The summed E-state index contributed by atoms with van der Waals surface area (Å²) in [5.74, 6) is 0.188. The molecule has 3 fully saturated rings. The van der Waals surface area contributed by atoms with E-state index in [2.05, 4.69) is 39.7 Å². The second-order valence-electron chi connectivity index (χ2n) is 9.71. The van der Waals surface area contributed by atoms with E-state index in [4.69, 9.17) is 4.74 Å². The van der Waals surface area contributed by atoms with Crippen molar-refractivity contribution < 1.29 is 19.1 Å². The normalized spacial score (nSPS) is 26.1. The van der Waals surface area contributed by atoms with E-state index in [-0.39, 0.29) is 24.1 Å². The van der Waals surface area contributed by atoms with Gasteiger partial charge in [0.05, 0.1) is 6.20 Å². The predicted molar refractivity (Wildman–Crippen MR) is 123 cm³/mol. The maximum Gasteiger partial charge on any atom is 0.270 e. The van der Waals surface area contributed by atoms with Crippen LogP contribution in [0.2, 0.25) is 0 Å². The lowest BCUT2D eigenvalue weighted by molar-refractivity contribution is -0.134. The maximum atomic E-state index is 12.4. The van der Waals surface area contributed by atoms with Gasteiger partial charge in [0.1, 0.15) is 23.6 Å². The fourth-order valence-corrected chi connectivity index (χ4v) is 4.89. The first-order chi connectivity index (χ1) is 15.9. The van der Waals surface area contributed by atoms with Crippen molar-refractivity contribution >= 4 is 17.7 Å². The van der Waals surface area contributed by atoms with Gasteiger partial charge in [0, 0.05) is 37.9 Å². The minimum absolute atomic E-state index is 0.161. The van der Waals surface area contributed by atoms with Gasteiger partial charge in [0.2, 0.25) is 11.8 Å². The molecule has 1 aromatic heterocycles. The summed E-state index contributed by atoms with van der Waals surface area (Å²) in [5, 5.41) is 8.31. The smallest absolute Gasteiger partial charge is 0.270 e. The Kier molecular flexibility index (Phi) is 7.60. The van der Waals surface area contributed by atoms with Gasteiger partial charge in [-0.05, 0) is 64.3 Å². The molecule has 0 radical (unpaired) electrons. The number of pyridine rings is 1. The average Bonchev–Trinajstić information content (AvgIpc) is 2.77. The number of nitrogens with zero attached hydrogens (tertiary/aromatic N) is 2. The highest BCUT2D eigenvalue weighted by molar-refractivity contribution is 6.03. The molecule has 1 atom stereocenters. The Bertz CT molecular complexity index is 847. The number of imide groups is 1. The molecule has 0 bridgehead atoms. The molecule has 3 amide bonds. The summed E-state index contributed by atoms with van der Waals surface area (Å²) in [6.45, 7) is 7.97. The molecule has 3 heterocycles. The van der Waals surface area contributed by atoms with E-state index < -0.39 is 17.9 Å². The van der Waals surface area contributed by atoms with Crippen molar-refractivity contribution in [2.45, 2.75) is 76.6 Å². The van der Waals surface area contributed by atoms with E-state index in [1.807, 2.05) is 0 Å². The quantitative estimate of drug-likeness (QED) is 0.504. The van der Waals surface area contributed by atoms with Crippen LogP contribution in [0.4, 0.5) is 0 Å². The number of ether oxygens (including phenoxy) is 1. The van der Waals surface area contributed by atoms with Crippen LogP contribution < -0.4 is 20.7 Å². The summed E-state index contributed by atoms with van der Waals surface area (Å²) < 4.78 is 6.08. The summed E-state index contributed by atoms with van der Waals surface area (Å²) in [4.78, 5) is 42.3. The Balaban J connectivity index is 1.23. The number of carbonyl (C=O) groups is 3. The molecule has 33 heavy (non-hydrogen) atoms. The molecule has 180 valence electrons. The Morgan fingerprint density at radius 2 is 1.97 bits per heavy atom. The fraction of sp³-hybridized carbons (Fsp3) is 0.667. The van der Waals surface area contributed by atoms with Gasteiger partial charge in [0.25, 0.3) is 5.91 Å². The van der Waals surface area contributed by atoms with Crippen molar-refractivity contribution in [1.29, 1.82) is 0 Å². The highest BCUT2D eigenvalue weighted by atomic mass is 16.5. The third kappa shape index (κ3) is 6.09. The Morgan fingerprint density at radius 3 is 2.61 bits per heavy atom. The topological polar surface area (TPSA) is 113 Å². The number of amides is 3. The summed E-state index contributed by atoms with van der Waals surface area (Å²) in [6, 6.07) is 3.71. The van der Waals surface area contributed by atoms with Gasteiger partial charge in [-0.3, -0.25) is 24.6 Å². The van der Waals surface area contributed by atoms with Gasteiger partial charge in [-0.15, -0.1) is 0 Å². The van der Waals surface area contributed by atoms with Crippen LogP contribution in [0.15, 0.2) is 18.3 Å². The lowest BCUT2D eigenvalue weighted by Crippen LogP contribution is -2.53. The molecule has 0 spiro atoms. The van der Waals surface area contributed by atoms with E-state index in [0.29, 0.717) is 24.3 Å². The van der Waals surface area contributed by atoms with Gasteiger partial charge >= 0.3 is 0 Å². The van der Waals surface area contributed by atoms with Crippen LogP contribution in [0.25, 0.3) is 0 Å². The summed E-state index contributed by atoms with van der Waals surface area (Å²) in [5.41, 5.74) is 0.214. The molecule has 3 N–H and O–H groups in total. The lowest BCUT2D eigenvalue weighted by Gasteiger charge is -2.46. The van der Waals surface area contributed by atoms with Crippen LogP contribution in [-0.4, -0.2) is 71.5 Å². The fourth-order valence-electron chi connectivity index (χ4n) is 4.89. The van der Waals surface area contributed by atoms with E-state index >= 15 is 0 Å². The monoisotopic (exact) mass is 457 g/mol. The lowest BCUT2D eigenvalue weighted by atomic mass is 9.85. The first kappa shape index (κ1) is 23.6. The number of nitrogens with one attached hydrogen (secondary N) is 3. The van der Waals surface area contributed by atoms with Gasteiger partial charge in [-0.25, -0.2) is 4.98 Å². The summed E-state index contributed by atoms with van der Waals surface area (Å²) >= 11 is 0. The van der Waals surface area contributed by atoms with E-state index in [9.17, 15) is 14.4 Å². The van der Waals surface area contributed by atoms with Crippen molar-refractivity contribution in [3.05, 3.63) is 24.0 Å². The van der Waals surface area contributed by atoms with E-state index in [1.165, 1.54) is 12.8 Å². The van der Waals surface area contributed by atoms with Crippen molar-refractivity contribution in [3.63, 3.8) is 0 Å². The number of hydrogen-bond acceptors (Lipinski definition) is 7. The van der Waals surface area contributed by atoms with Crippen LogP contribution in [0.3, 0.4) is 0 Å². The third-order valence-electron chi connectivity index (χ3n) is 6.95. The summed E-state index contributed by atoms with van der Waals surface area (Å²) in [6.07, 6.45) is 6.74. The SMILES string of the molecule is CC(C)N(CC1CCNCC1)[C@H]1C[C@H](Oc2ccc(C(=O)NC3CCC(=O)NC3=O)nc2)C1. The second-order valence-corrected chi connectivity index (χ2v) is 9.71. The standard InChI is InChI=1S/C24H35N5O4/c1-15(2)29(14-16-7-9-25-10-8-16)17-11-19(12-17)33-18-3-4-20(26-13-18)23(31)27-21-5-6-22(30)28-24(21)32/h3-4,13,15-17,19,21,25H,5-12,14H2,1-2H3,(H,27,31)(H,28,30,32)/t17-,19-,21?. The summed E-state index contributed by atoms with van der Waals surface area (Å²) in [7, 11) is 0. The molecule has 1 saturated carbocycles. The average molecular weight is 458 g/mol. The van der Waals surface area contributed by atoms with Crippen molar-refractivity contribution in [2.75, 3.05) is 19.6 Å². The molecule has 1 aliphatic carbocycles. The maximum absolute atomic E-state index is 12.4. The van der Waals surface area contributed by atoms with Crippen molar-refractivity contribution in [3.8, 4) is 5.75 Å². The van der Waals surface area contributed by atoms with Gasteiger partial charge in [-0.2, -0.15) is 0 Å². The predicted octanol–water partition coefficient (Wildman–Crippen LogP) is 1.24. The van der Waals surface area contributed by atoms with E-state index in [1.54, 1.807) is 18.3 Å². The second kappa shape index (κ2) is 10.6. The minimum atomic E-state index is -0.714. The van der Waals surface area contributed by atoms with Crippen LogP contribution in [0.1, 0.15) is 62.9 Å². The molecule has 2 aliphatic heterocycles. The Morgan fingerprint density at radius 1 is 1.21 bits per heavy atom. The minimum Gasteiger partial charge on any atom is -0.489 e. The van der Waals surface area contributed by atoms with Crippen molar-refractivity contribution in [1.82, 2.24) is 25.8 Å². The molecule has 9 heteroatoms. The molecule has 3 aliphatic rings. The first-order valence-corrected chi connectivity index (χ1v) is 12.1. The van der Waals surface area contributed by atoms with Crippen molar-refractivity contribution in [2.24, 2.45) is 5.92 Å². The van der Waals surface area contributed by atoms with Crippen LogP contribution in [0, 0.1) is 5.92 Å².